The molecule has 1 aromatic rings. The van der Waals surface area contributed by atoms with Crippen LogP contribution in [0.4, 0.5) is 0 Å². The highest BCUT2D eigenvalue weighted by Gasteiger charge is 2.36. The van der Waals surface area contributed by atoms with Crippen molar-refractivity contribution in [2.24, 2.45) is 0 Å². The highest BCUT2D eigenvalue weighted by atomic mass is 14.4. The van der Waals surface area contributed by atoms with Crippen molar-refractivity contribution in [3.8, 4) is 0 Å². The summed E-state index contributed by atoms with van der Waals surface area (Å²) in [5.41, 5.74) is 2.11. The van der Waals surface area contributed by atoms with E-state index in [1.54, 1.807) is 5.56 Å². The maximum absolute atomic E-state index is 2.31. The summed E-state index contributed by atoms with van der Waals surface area (Å²) in [6.07, 6.45) is 5.51. The Balaban J connectivity index is 2.28. The van der Waals surface area contributed by atoms with E-state index in [0.29, 0.717) is 5.41 Å². The van der Waals surface area contributed by atoms with Crippen molar-refractivity contribution >= 4 is 0 Å². The summed E-state index contributed by atoms with van der Waals surface area (Å²) in [4.78, 5) is 0. The fraction of sp³-hybridized carbons (Fsp3) is 0.500. The third-order valence-corrected chi connectivity index (χ3v) is 3.37. The van der Waals surface area contributed by atoms with Gasteiger partial charge in [-0.05, 0) is 30.2 Å². The minimum atomic E-state index is 0.557. The molecule has 0 saturated heterocycles. The van der Waals surface area contributed by atoms with Crippen molar-refractivity contribution in [3.63, 3.8) is 0 Å². The van der Waals surface area contributed by atoms with Crippen molar-refractivity contribution in [1.29, 1.82) is 0 Å². The van der Waals surface area contributed by atoms with Crippen LogP contribution in [0.1, 0.15) is 38.2 Å². The van der Waals surface area contributed by atoms with E-state index < -0.39 is 0 Å². The van der Waals surface area contributed by atoms with Crippen LogP contribution in [0.3, 0.4) is 0 Å². The Bertz CT molecular complexity index is 238. The lowest BCUT2D eigenvalue weighted by atomic mass is 9.63. The van der Waals surface area contributed by atoms with Gasteiger partial charge in [-0.15, -0.1) is 0 Å². The lowest BCUT2D eigenvalue weighted by Crippen LogP contribution is -2.33. The van der Waals surface area contributed by atoms with E-state index in [1.807, 2.05) is 0 Å². The van der Waals surface area contributed by atoms with Crippen LogP contribution < -0.4 is 0 Å². The molecule has 0 heteroatoms. The van der Waals surface area contributed by atoms with Crippen LogP contribution in [0.2, 0.25) is 0 Å². The Hall–Kier alpha value is -0.780. The largest absolute Gasteiger partial charge is 0.0645 e. The van der Waals surface area contributed by atoms with Gasteiger partial charge in [0.2, 0.25) is 0 Å². The van der Waals surface area contributed by atoms with Gasteiger partial charge in [0.1, 0.15) is 0 Å². The minimum Gasteiger partial charge on any atom is -0.0645 e. The summed E-state index contributed by atoms with van der Waals surface area (Å²) in [5, 5.41) is 0. The first-order valence-electron chi connectivity index (χ1n) is 4.93. The molecule has 0 N–H and O–H groups in total. The molecule has 64 valence electrons. The molecule has 1 aromatic carbocycles. The van der Waals surface area contributed by atoms with Gasteiger partial charge in [-0.25, -0.2) is 0 Å². The molecule has 1 saturated carbocycles. The maximum Gasteiger partial charge on any atom is -0.00496 e. The van der Waals surface area contributed by atoms with E-state index in [2.05, 4.69) is 37.3 Å². The highest BCUT2D eigenvalue weighted by Crippen LogP contribution is 2.45. The van der Waals surface area contributed by atoms with Gasteiger partial charge >= 0.3 is 0 Å². The normalized spacial score (nSPS) is 20.1. The van der Waals surface area contributed by atoms with Gasteiger partial charge in [-0.1, -0.05) is 43.7 Å². The van der Waals surface area contributed by atoms with E-state index in [9.17, 15) is 0 Å². The lowest BCUT2D eigenvalue weighted by Gasteiger charge is -2.41. The smallest absolute Gasteiger partial charge is 0.00496 e. The van der Waals surface area contributed by atoms with Gasteiger partial charge in [0.25, 0.3) is 0 Å². The summed E-state index contributed by atoms with van der Waals surface area (Å²) in [7, 11) is 0. The second kappa shape index (κ2) is 2.93. The van der Waals surface area contributed by atoms with E-state index >= 15 is 0 Å². The van der Waals surface area contributed by atoms with Crippen LogP contribution in [0, 0.1) is 0 Å². The molecule has 0 aliphatic heterocycles. The van der Waals surface area contributed by atoms with Crippen LogP contribution in [-0.2, 0) is 5.41 Å². The fourth-order valence-corrected chi connectivity index (χ4v) is 2.24. The molecule has 12 heavy (non-hydrogen) atoms. The van der Waals surface area contributed by atoms with Gasteiger partial charge in [-0.2, -0.15) is 0 Å². The summed E-state index contributed by atoms with van der Waals surface area (Å²) in [5.74, 6) is 0. The second-order valence-corrected chi connectivity index (χ2v) is 3.85. The average Bonchev–Trinajstić information content (AvgIpc) is 2.05. The van der Waals surface area contributed by atoms with Gasteiger partial charge in [0.05, 0.1) is 0 Å². The standard InChI is InChI=1S/C12H16/c1-2-12(9-6-10-12)11-7-4-3-5-8-11/h3-5,7-8H,2,6,9-10H2,1H3. The number of hydrogen-bond donors (Lipinski definition) is 0. The third-order valence-electron chi connectivity index (χ3n) is 3.37. The Morgan fingerprint density at radius 1 is 1.17 bits per heavy atom. The van der Waals surface area contributed by atoms with E-state index in [0.717, 1.165) is 0 Å². The zero-order chi connectivity index (χ0) is 8.44. The molecule has 0 heterocycles. The Kier molecular flexibility index (Phi) is 1.92. The average molecular weight is 160 g/mol. The fourth-order valence-electron chi connectivity index (χ4n) is 2.24. The Labute approximate surface area is 74.6 Å². The lowest BCUT2D eigenvalue weighted by molar-refractivity contribution is 0.235. The predicted octanol–water partition coefficient (Wildman–Crippen LogP) is 3.52. The van der Waals surface area contributed by atoms with Gasteiger partial charge in [0, 0.05) is 0 Å². The summed E-state index contributed by atoms with van der Waals surface area (Å²) < 4.78 is 0. The molecule has 0 aromatic heterocycles. The molecule has 1 aliphatic rings. The Morgan fingerprint density at radius 2 is 1.83 bits per heavy atom. The topological polar surface area (TPSA) is 0 Å². The van der Waals surface area contributed by atoms with Gasteiger partial charge < -0.3 is 0 Å². The SMILES string of the molecule is CCC1(c2ccccc2)CCC1. The molecular weight excluding hydrogens is 144 g/mol. The van der Waals surface area contributed by atoms with Crippen LogP contribution in [0.15, 0.2) is 30.3 Å². The summed E-state index contributed by atoms with van der Waals surface area (Å²) >= 11 is 0. The zero-order valence-electron chi connectivity index (χ0n) is 7.72. The summed E-state index contributed by atoms with van der Waals surface area (Å²) in [6.45, 7) is 2.31. The van der Waals surface area contributed by atoms with Crippen molar-refractivity contribution < 1.29 is 0 Å². The molecule has 2 rings (SSSR count). The quantitative estimate of drug-likeness (QED) is 0.621. The van der Waals surface area contributed by atoms with Crippen LogP contribution in [-0.4, -0.2) is 0 Å². The number of hydrogen-bond acceptors (Lipinski definition) is 0. The van der Waals surface area contributed by atoms with Crippen LogP contribution >= 0.6 is 0 Å². The highest BCUT2D eigenvalue weighted by molar-refractivity contribution is 5.27. The molecule has 0 bridgehead atoms. The molecule has 0 radical (unpaired) electrons. The second-order valence-electron chi connectivity index (χ2n) is 3.85. The van der Waals surface area contributed by atoms with Crippen molar-refractivity contribution in [2.45, 2.75) is 38.0 Å². The summed E-state index contributed by atoms with van der Waals surface area (Å²) in [6, 6.07) is 11.0. The van der Waals surface area contributed by atoms with Crippen LogP contribution in [0.25, 0.3) is 0 Å². The molecule has 0 spiro atoms. The maximum atomic E-state index is 2.31. The van der Waals surface area contributed by atoms with E-state index in [1.165, 1.54) is 25.7 Å². The van der Waals surface area contributed by atoms with Crippen molar-refractivity contribution in [3.05, 3.63) is 35.9 Å². The number of benzene rings is 1. The van der Waals surface area contributed by atoms with Crippen molar-refractivity contribution in [2.75, 3.05) is 0 Å². The number of rotatable bonds is 2. The van der Waals surface area contributed by atoms with E-state index in [-0.39, 0.29) is 0 Å². The Morgan fingerprint density at radius 3 is 2.25 bits per heavy atom. The molecule has 1 aliphatic carbocycles. The van der Waals surface area contributed by atoms with Crippen LogP contribution in [0.5, 0.6) is 0 Å². The monoisotopic (exact) mass is 160 g/mol. The first-order valence-corrected chi connectivity index (χ1v) is 4.93. The molecule has 0 unspecified atom stereocenters. The van der Waals surface area contributed by atoms with E-state index in [4.69, 9.17) is 0 Å². The molecule has 1 fully saturated rings. The predicted molar refractivity (Wildman–Crippen MR) is 52.3 cm³/mol. The van der Waals surface area contributed by atoms with Gasteiger partial charge in [-0.3, -0.25) is 0 Å². The van der Waals surface area contributed by atoms with Gasteiger partial charge in [0.15, 0.2) is 0 Å². The van der Waals surface area contributed by atoms with Crippen molar-refractivity contribution in [1.82, 2.24) is 0 Å². The first-order chi connectivity index (χ1) is 5.87. The molecule has 0 amide bonds. The third kappa shape index (κ3) is 1.06. The first kappa shape index (κ1) is 7.85. The zero-order valence-corrected chi connectivity index (χ0v) is 7.72. The molecular formula is C12H16. The molecule has 0 nitrogen and oxygen atoms in total. The molecule has 0 atom stereocenters. The minimum absolute atomic E-state index is 0.557.